The number of anilines is 3. The lowest BCUT2D eigenvalue weighted by molar-refractivity contribution is 0.258. The van der Waals surface area contributed by atoms with E-state index in [0.29, 0.717) is 24.1 Å². The summed E-state index contributed by atoms with van der Waals surface area (Å²) in [4.78, 5) is 27.0. The van der Waals surface area contributed by atoms with Crippen LogP contribution >= 0.6 is 0 Å². The second-order valence-electron chi connectivity index (χ2n) is 8.08. The Morgan fingerprint density at radius 1 is 1.22 bits per heavy atom. The first-order valence-corrected chi connectivity index (χ1v) is 10.5. The fourth-order valence-electron chi connectivity index (χ4n) is 3.81. The van der Waals surface area contributed by atoms with Crippen LogP contribution in [0.3, 0.4) is 0 Å². The van der Waals surface area contributed by atoms with E-state index in [4.69, 9.17) is 10.8 Å². The molecule has 1 fully saturated rings. The third-order valence-corrected chi connectivity index (χ3v) is 5.59. The van der Waals surface area contributed by atoms with Crippen molar-refractivity contribution in [3.05, 3.63) is 65.9 Å². The first kappa shape index (κ1) is 19.9. The van der Waals surface area contributed by atoms with Gasteiger partial charge in [0.05, 0.1) is 29.1 Å². The number of hydrogen-bond donors (Lipinski definition) is 2. The second kappa shape index (κ2) is 7.92. The quantitative estimate of drug-likeness (QED) is 0.501. The van der Waals surface area contributed by atoms with Gasteiger partial charge in [-0.15, -0.1) is 0 Å². The molecule has 0 spiro atoms. The van der Waals surface area contributed by atoms with Crippen LogP contribution in [0, 0.1) is 6.92 Å². The number of pyridine rings is 1. The highest BCUT2D eigenvalue weighted by atomic mass is 16.2. The Morgan fingerprint density at radius 2 is 2.03 bits per heavy atom. The molecule has 0 unspecified atom stereocenters. The Morgan fingerprint density at radius 3 is 2.78 bits per heavy atom. The highest BCUT2D eigenvalue weighted by Gasteiger charge is 2.30. The molecule has 1 aromatic carbocycles. The number of rotatable bonds is 5. The molecule has 0 radical (unpaired) electrons. The van der Waals surface area contributed by atoms with Gasteiger partial charge in [-0.05, 0) is 44.0 Å². The fourth-order valence-corrected chi connectivity index (χ4v) is 3.81. The van der Waals surface area contributed by atoms with Gasteiger partial charge in [-0.3, -0.25) is 14.6 Å². The van der Waals surface area contributed by atoms with Gasteiger partial charge in [-0.25, -0.2) is 14.8 Å². The number of fused-ring (bicyclic) bond motifs is 1. The van der Waals surface area contributed by atoms with Gasteiger partial charge in [-0.1, -0.05) is 12.1 Å². The highest BCUT2D eigenvalue weighted by molar-refractivity contribution is 6.07. The van der Waals surface area contributed by atoms with E-state index >= 15 is 0 Å². The van der Waals surface area contributed by atoms with Crippen LogP contribution in [0.15, 0.2) is 48.8 Å². The van der Waals surface area contributed by atoms with Gasteiger partial charge >= 0.3 is 6.03 Å². The first-order chi connectivity index (χ1) is 15.5. The predicted octanol–water partition coefficient (Wildman–Crippen LogP) is 3.71. The Bertz CT molecular complexity index is 1310. The van der Waals surface area contributed by atoms with Crippen molar-refractivity contribution >= 4 is 34.3 Å². The van der Waals surface area contributed by atoms with E-state index in [0.717, 1.165) is 46.5 Å². The average Bonchev–Trinajstić information content (AvgIpc) is 3.56. The second-order valence-corrected chi connectivity index (χ2v) is 8.08. The molecule has 0 atom stereocenters. The number of nitrogens with zero attached hydrogens (tertiary/aromatic N) is 6. The predicted molar refractivity (Wildman–Crippen MR) is 124 cm³/mol. The SMILES string of the molecule is Cc1cccc(Cn2nc(C3CC3)c3c(NC(=O)N(C)c4cc(N)ncn4)cccc32)n1. The van der Waals surface area contributed by atoms with Crippen LogP contribution in [-0.2, 0) is 6.54 Å². The lowest BCUT2D eigenvalue weighted by Gasteiger charge is -2.17. The largest absolute Gasteiger partial charge is 0.384 e. The Balaban J connectivity index is 1.50. The normalized spacial score (nSPS) is 13.3. The zero-order chi connectivity index (χ0) is 22.2. The number of nitrogen functional groups attached to an aromatic ring is 1. The fraction of sp³-hybridized carbons (Fsp3) is 0.261. The number of benzene rings is 1. The van der Waals surface area contributed by atoms with E-state index in [2.05, 4.69) is 20.3 Å². The van der Waals surface area contributed by atoms with Crippen molar-refractivity contribution < 1.29 is 4.79 Å². The molecule has 3 N–H and O–H groups in total. The molecule has 4 aromatic rings. The van der Waals surface area contributed by atoms with Crippen LogP contribution in [0.5, 0.6) is 0 Å². The number of hydrogen-bond acceptors (Lipinski definition) is 6. The maximum atomic E-state index is 13.0. The summed E-state index contributed by atoms with van der Waals surface area (Å²) in [5.41, 5.74) is 10.4. The molecule has 0 aliphatic heterocycles. The van der Waals surface area contributed by atoms with Crippen LogP contribution in [0.4, 0.5) is 22.1 Å². The molecule has 1 aliphatic carbocycles. The lowest BCUT2D eigenvalue weighted by atomic mass is 10.1. The van der Waals surface area contributed by atoms with Crippen LogP contribution in [0.1, 0.15) is 35.8 Å². The highest BCUT2D eigenvalue weighted by Crippen LogP contribution is 2.44. The summed E-state index contributed by atoms with van der Waals surface area (Å²) >= 11 is 0. The standard InChI is InChI=1S/C23H24N8O/c1-14-5-3-6-16(27-14)12-31-18-8-4-7-17(21(18)22(29-31)15-9-10-15)28-23(32)30(2)20-11-19(24)25-13-26-20/h3-8,11,13,15H,9-10,12H2,1-2H3,(H,28,32)(H2,24,25,26). The van der Waals surface area contributed by atoms with Crippen LogP contribution < -0.4 is 16.0 Å². The van der Waals surface area contributed by atoms with Gasteiger partial charge in [0.25, 0.3) is 0 Å². The molecule has 9 heteroatoms. The van der Waals surface area contributed by atoms with E-state index in [1.165, 1.54) is 11.2 Å². The minimum Gasteiger partial charge on any atom is -0.384 e. The van der Waals surface area contributed by atoms with Gasteiger partial charge in [0.2, 0.25) is 0 Å². The molecule has 5 rings (SSSR count). The summed E-state index contributed by atoms with van der Waals surface area (Å²) in [6.45, 7) is 2.55. The van der Waals surface area contributed by atoms with Gasteiger partial charge < -0.3 is 11.1 Å². The Kier molecular flexibility index (Phi) is 4.93. The van der Waals surface area contributed by atoms with Crippen LogP contribution in [-0.4, -0.2) is 37.8 Å². The van der Waals surface area contributed by atoms with E-state index < -0.39 is 0 Å². The van der Waals surface area contributed by atoms with Crippen LogP contribution in [0.25, 0.3) is 10.9 Å². The molecule has 3 heterocycles. The van der Waals surface area contributed by atoms with Crippen molar-refractivity contribution in [3.8, 4) is 0 Å². The lowest BCUT2D eigenvalue weighted by Crippen LogP contribution is -2.32. The van der Waals surface area contributed by atoms with Gasteiger partial charge in [0, 0.05) is 30.1 Å². The van der Waals surface area contributed by atoms with E-state index in [1.807, 2.05) is 48.0 Å². The van der Waals surface area contributed by atoms with Gasteiger partial charge in [0.1, 0.15) is 18.0 Å². The molecule has 162 valence electrons. The number of nitrogens with two attached hydrogens (primary N) is 1. The summed E-state index contributed by atoms with van der Waals surface area (Å²) in [7, 11) is 1.64. The molecule has 3 aromatic heterocycles. The Hall–Kier alpha value is -4.01. The summed E-state index contributed by atoms with van der Waals surface area (Å²) in [5.74, 6) is 1.14. The monoisotopic (exact) mass is 428 g/mol. The summed E-state index contributed by atoms with van der Waals surface area (Å²) < 4.78 is 1.98. The van der Waals surface area contributed by atoms with E-state index in [9.17, 15) is 4.79 Å². The van der Waals surface area contributed by atoms with Crippen molar-refractivity contribution in [2.45, 2.75) is 32.2 Å². The molecule has 1 saturated carbocycles. The van der Waals surface area contributed by atoms with Gasteiger partial charge in [0.15, 0.2) is 0 Å². The van der Waals surface area contributed by atoms with E-state index in [1.54, 1.807) is 13.1 Å². The molecule has 1 aliphatic rings. The van der Waals surface area contributed by atoms with Crippen molar-refractivity contribution in [3.63, 3.8) is 0 Å². The topological polar surface area (TPSA) is 115 Å². The number of carbonyl (C=O) groups excluding carboxylic acids is 1. The average molecular weight is 429 g/mol. The zero-order valence-corrected chi connectivity index (χ0v) is 18.0. The molecular weight excluding hydrogens is 404 g/mol. The molecule has 0 saturated heterocycles. The number of aryl methyl sites for hydroxylation is 1. The molecule has 9 nitrogen and oxygen atoms in total. The maximum Gasteiger partial charge on any atom is 0.327 e. The van der Waals surface area contributed by atoms with Gasteiger partial charge in [-0.2, -0.15) is 5.10 Å². The van der Waals surface area contributed by atoms with Crippen molar-refractivity contribution in [1.82, 2.24) is 24.7 Å². The third kappa shape index (κ3) is 3.84. The molecule has 2 amide bonds. The van der Waals surface area contributed by atoms with Crippen molar-refractivity contribution in [2.24, 2.45) is 0 Å². The van der Waals surface area contributed by atoms with Crippen LogP contribution in [0.2, 0.25) is 0 Å². The summed E-state index contributed by atoms with van der Waals surface area (Å²) in [5, 5.41) is 8.94. The zero-order valence-electron chi connectivity index (χ0n) is 18.0. The smallest absolute Gasteiger partial charge is 0.327 e. The number of carbonyl (C=O) groups is 1. The number of nitrogens with one attached hydrogen (secondary N) is 1. The Labute approximate surface area is 185 Å². The molecule has 0 bridgehead atoms. The first-order valence-electron chi connectivity index (χ1n) is 10.5. The van der Waals surface area contributed by atoms with Crippen molar-refractivity contribution in [2.75, 3.05) is 23.0 Å². The van der Waals surface area contributed by atoms with E-state index in [-0.39, 0.29) is 6.03 Å². The number of aromatic nitrogens is 5. The summed E-state index contributed by atoms with van der Waals surface area (Å²) in [6, 6.07) is 13.1. The van der Waals surface area contributed by atoms with Crippen molar-refractivity contribution in [1.29, 1.82) is 0 Å². The third-order valence-electron chi connectivity index (χ3n) is 5.59. The maximum absolute atomic E-state index is 13.0. The number of urea groups is 1. The number of amides is 2. The minimum absolute atomic E-state index is 0.304. The minimum atomic E-state index is -0.314. The summed E-state index contributed by atoms with van der Waals surface area (Å²) in [6.07, 6.45) is 3.55. The molecule has 32 heavy (non-hydrogen) atoms. The molecular formula is C23H24N8O.